The van der Waals surface area contributed by atoms with E-state index in [4.69, 9.17) is 4.42 Å². The van der Waals surface area contributed by atoms with Gasteiger partial charge in [-0.05, 0) is 53.9 Å². The first-order valence-corrected chi connectivity index (χ1v) is 14.7. The van der Waals surface area contributed by atoms with Crippen LogP contribution in [0.4, 0.5) is 0 Å². The predicted octanol–water partition coefficient (Wildman–Crippen LogP) is 5.15. The number of fused-ring (bicyclic) bond motifs is 5. The Balaban J connectivity index is 1.18. The number of nitrogens with zero attached hydrogens (tertiary/aromatic N) is 6. The number of imidazole rings is 2. The quantitative estimate of drug-likeness (QED) is 0.244. The van der Waals surface area contributed by atoms with Crippen LogP contribution in [0.25, 0.3) is 71.7 Å². The van der Waals surface area contributed by atoms with Crippen LogP contribution in [0.2, 0.25) is 0 Å². The van der Waals surface area contributed by atoms with Gasteiger partial charge < -0.3 is 19.5 Å². The zero-order valence-electron chi connectivity index (χ0n) is 24.4. The van der Waals surface area contributed by atoms with Crippen molar-refractivity contribution in [2.45, 2.75) is 13.0 Å². The third kappa shape index (κ3) is 3.83. The van der Waals surface area contributed by atoms with Crippen molar-refractivity contribution in [3.63, 3.8) is 0 Å². The van der Waals surface area contributed by atoms with Crippen LogP contribution in [-0.4, -0.2) is 44.0 Å². The molecule has 224 valence electrons. The van der Waals surface area contributed by atoms with Gasteiger partial charge in [-0.1, -0.05) is 12.1 Å². The lowest BCUT2D eigenvalue weighted by Crippen LogP contribution is -2.15. The molecule has 46 heavy (non-hydrogen) atoms. The number of nitrogens with one attached hydrogen (secondary N) is 2. The molecule has 12 heteroatoms. The van der Waals surface area contributed by atoms with E-state index >= 15 is 0 Å². The second-order valence-electron chi connectivity index (χ2n) is 11.3. The molecule has 0 fully saturated rings. The Labute approximate surface area is 257 Å². The Morgan fingerprint density at radius 2 is 1.78 bits per heavy atom. The average molecular weight is 609 g/mol. The van der Waals surface area contributed by atoms with Crippen molar-refractivity contribution in [1.82, 2.24) is 38.9 Å². The number of benzene rings is 4. The number of pyridine rings is 1. The van der Waals surface area contributed by atoms with E-state index in [0.717, 1.165) is 33.1 Å². The number of hydrogen-bond donors (Lipinski definition) is 3. The van der Waals surface area contributed by atoms with Gasteiger partial charge in [0.2, 0.25) is 0 Å². The van der Waals surface area contributed by atoms with Crippen LogP contribution < -0.4 is 11.4 Å². The van der Waals surface area contributed by atoms with Crippen molar-refractivity contribution in [2.75, 3.05) is 0 Å². The molecule has 3 N–H and O–H groups in total. The van der Waals surface area contributed by atoms with Crippen molar-refractivity contribution in [1.29, 1.82) is 0 Å². The highest BCUT2D eigenvalue weighted by Gasteiger charge is 2.22. The van der Waals surface area contributed by atoms with Crippen LogP contribution in [0.1, 0.15) is 5.82 Å². The molecule has 0 aliphatic heterocycles. The van der Waals surface area contributed by atoms with E-state index in [0.29, 0.717) is 57.3 Å². The number of phenolic OH excluding ortho intramolecular Hbond substituents is 1. The summed E-state index contributed by atoms with van der Waals surface area (Å²) in [6.45, 7) is 0.333. The first-order valence-electron chi connectivity index (χ1n) is 14.7. The van der Waals surface area contributed by atoms with Gasteiger partial charge in [0.05, 0.1) is 45.0 Å². The zero-order chi connectivity index (χ0) is 31.1. The number of oxazole rings is 1. The maximum Gasteiger partial charge on any atom is 0.419 e. The monoisotopic (exact) mass is 608 g/mol. The van der Waals surface area contributed by atoms with Crippen LogP contribution in [0.5, 0.6) is 5.75 Å². The number of aromatic amines is 2. The lowest BCUT2D eigenvalue weighted by Gasteiger charge is -2.12. The van der Waals surface area contributed by atoms with E-state index in [1.54, 1.807) is 40.0 Å². The van der Waals surface area contributed by atoms with E-state index in [-0.39, 0.29) is 11.4 Å². The summed E-state index contributed by atoms with van der Waals surface area (Å²) < 4.78 is 10.7. The second kappa shape index (κ2) is 9.53. The van der Waals surface area contributed by atoms with Crippen LogP contribution in [0, 0.1) is 0 Å². The van der Waals surface area contributed by atoms with Crippen LogP contribution in [0.3, 0.4) is 0 Å². The molecular weight excluding hydrogens is 584 g/mol. The maximum absolute atomic E-state index is 13.3. The Kier molecular flexibility index (Phi) is 5.39. The molecule has 0 aliphatic rings. The number of aromatic nitrogens is 8. The van der Waals surface area contributed by atoms with Crippen LogP contribution >= 0.6 is 0 Å². The number of aromatic hydroxyl groups is 1. The molecule has 5 aromatic heterocycles. The molecule has 9 aromatic rings. The van der Waals surface area contributed by atoms with Crippen molar-refractivity contribution in [3.05, 3.63) is 112 Å². The molecule has 0 unspecified atom stereocenters. The highest BCUT2D eigenvalue weighted by atomic mass is 16.4. The Bertz CT molecular complexity index is 2760. The fourth-order valence-electron chi connectivity index (χ4n) is 6.45. The minimum Gasteiger partial charge on any atom is -0.507 e. The summed E-state index contributed by atoms with van der Waals surface area (Å²) in [7, 11) is 1.84. The molecule has 4 aromatic carbocycles. The predicted molar refractivity (Wildman–Crippen MR) is 174 cm³/mol. The third-order valence-corrected chi connectivity index (χ3v) is 8.65. The number of aryl methyl sites for hydroxylation is 3. The first-order chi connectivity index (χ1) is 22.4. The van der Waals surface area contributed by atoms with E-state index in [9.17, 15) is 14.7 Å². The number of phenols is 1. The summed E-state index contributed by atoms with van der Waals surface area (Å²) >= 11 is 0. The van der Waals surface area contributed by atoms with Gasteiger partial charge in [-0.2, -0.15) is 5.10 Å². The van der Waals surface area contributed by atoms with Gasteiger partial charge in [-0.25, -0.2) is 14.6 Å². The SMILES string of the molecule is Cn1ncc2cc3[nH]c(=O)n(-c4ccc(-c5c6cnccc6cc6c5oc(=O)n6CCc5nc6ccccc6[nH]5)c(O)c4)c3cc21. The molecule has 0 aliphatic carbocycles. The van der Waals surface area contributed by atoms with Gasteiger partial charge in [0.25, 0.3) is 0 Å². The molecule has 0 atom stereocenters. The van der Waals surface area contributed by atoms with Gasteiger partial charge in [0.15, 0.2) is 5.58 Å². The van der Waals surface area contributed by atoms with Crippen molar-refractivity contribution < 1.29 is 9.52 Å². The summed E-state index contributed by atoms with van der Waals surface area (Å²) in [4.78, 5) is 41.6. The summed E-state index contributed by atoms with van der Waals surface area (Å²) in [6.07, 6.45) is 5.60. The smallest absolute Gasteiger partial charge is 0.419 e. The van der Waals surface area contributed by atoms with Crippen LogP contribution in [-0.2, 0) is 20.0 Å². The fourth-order valence-corrected chi connectivity index (χ4v) is 6.45. The maximum atomic E-state index is 13.3. The lowest BCUT2D eigenvalue weighted by atomic mass is 9.97. The van der Waals surface area contributed by atoms with E-state index in [1.165, 1.54) is 10.6 Å². The Morgan fingerprint density at radius 3 is 2.65 bits per heavy atom. The largest absolute Gasteiger partial charge is 0.507 e. The van der Waals surface area contributed by atoms with Gasteiger partial charge in [0, 0.05) is 60.4 Å². The Morgan fingerprint density at radius 1 is 0.891 bits per heavy atom. The second-order valence-corrected chi connectivity index (χ2v) is 11.3. The van der Waals surface area contributed by atoms with Crippen molar-refractivity contribution in [2.24, 2.45) is 7.05 Å². The molecule has 0 radical (unpaired) electrons. The van der Waals surface area contributed by atoms with Gasteiger partial charge in [-0.15, -0.1) is 0 Å². The van der Waals surface area contributed by atoms with Crippen molar-refractivity contribution in [3.8, 4) is 22.6 Å². The van der Waals surface area contributed by atoms with E-state index in [1.807, 2.05) is 55.6 Å². The average Bonchev–Trinajstić information content (AvgIpc) is 3.80. The molecule has 9 rings (SSSR count). The molecule has 12 nitrogen and oxygen atoms in total. The zero-order valence-corrected chi connectivity index (χ0v) is 24.4. The fraction of sp³-hybridized carbons (Fsp3) is 0.0882. The topological polar surface area (TPSA) is 153 Å². The first kappa shape index (κ1) is 26.0. The molecular formula is C34H24N8O4. The molecule has 0 saturated carbocycles. The van der Waals surface area contributed by atoms with Crippen molar-refractivity contribution >= 4 is 54.8 Å². The molecule has 0 saturated heterocycles. The molecule has 0 spiro atoms. The van der Waals surface area contributed by atoms with E-state index in [2.05, 4.69) is 25.0 Å². The minimum atomic E-state index is -0.515. The van der Waals surface area contributed by atoms with Crippen LogP contribution in [0.15, 0.2) is 99.3 Å². The highest BCUT2D eigenvalue weighted by molar-refractivity contribution is 6.10. The number of rotatable bonds is 5. The van der Waals surface area contributed by atoms with Gasteiger partial charge >= 0.3 is 11.4 Å². The third-order valence-electron chi connectivity index (χ3n) is 8.65. The van der Waals surface area contributed by atoms with E-state index < -0.39 is 5.76 Å². The van der Waals surface area contributed by atoms with Gasteiger partial charge in [-0.3, -0.25) is 18.8 Å². The summed E-state index contributed by atoms with van der Waals surface area (Å²) in [6, 6.07) is 20.3. The summed E-state index contributed by atoms with van der Waals surface area (Å²) in [5.41, 5.74) is 5.99. The minimum absolute atomic E-state index is 0.0873. The highest BCUT2D eigenvalue weighted by Crippen LogP contribution is 2.41. The molecule has 0 amide bonds. The molecule has 5 heterocycles. The summed E-state index contributed by atoms with van der Waals surface area (Å²) in [5, 5.41) is 18.3. The normalized spacial score (nSPS) is 12.0. The summed E-state index contributed by atoms with van der Waals surface area (Å²) in [5.74, 6) is 0.159. The lowest BCUT2D eigenvalue weighted by molar-refractivity contribution is 0.476. The number of H-pyrrole nitrogens is 2. The number of hydrogen-bond acceptors (Lipinski definition) is 7. The Hall–Kier alpha value is -6.43. The molecule has 0 bridgehead atoms. The standard InChI is InChI=1S/C34H24N8O4/c1-40-26-15-27-25(12-19(26)16-36-40)39-33(44)42(27)20-6-7-21(29(43)14-20)31-22-17-35-10-8-18(22)13-28-32(31)46-34(45)41(28)11-9-30-37-23-4-2-3-5-24(23)38-30/h2-8,10,12-17,43H,9,11H2,1H3,(H,37,38)(H,39,44). The number of para-hydroxylation sites is 2. The van der Waals surface area contributed by atoms with Gasteiger partial charge in [0.1, 0.15) is 11.6 Å².